The molecule has 2 fully saturated rings. The van der Waals surface area contributed by atoms with Gasteiger partial charge in [-0.05, 0) is 38.0 Å². The van der Waals surface area contributed by atoms with Crippen molar-refractivity contribution in [3.63, 3.8) is 0 Å². The number of aliphatic hydroxyl groups is 1. The summed E-state index contributed by atoms with van der Waals surface area (Å²) < 4.78 is 0. The summed E-state index contributed by atoms with van der Waals surface area (Å²) in [4.78, 5) is 26.3. The van der Waals surface area contributed by atoms with Gasteiger partial charge in [-0.25, -0.2) is 0 Å². The predicted molar refractivity (Wildman–Crippen MR) is 80.5 cm³/mol. The Morgan fingerprint density at radius 3 is 2.62 bits per heavy atom. The van der Waals surface area contributed by atoms with E-state index in [1.807, 2.05) is 11.8 Å². The molecule has 0 aromatic carbocycles. The van der Waals surface area contributed by atoms with Crippen molar-refractivity contribution in [2.75, 3.05) is 13.2 Å². The van der Waals surface area contributed by atoms with Gasteiger partial charge in [-0.15, -0.1) is 0 Å². The van der Waals surface area contributed by atoms with Gasteiger partial charge >= 0.3 is 0 Å². The third kappa shape index (κ3) is 3.96. The molecule has 5 nitrogen and oxygen atoms in total. The van der Waals surface area contributed by atoms with Gasteiger partial charge in [0.05, 0.1) is 18.6 Å². The molecular weight excluding hydrogens is 268 g/mol. The number of rotatable bonds is 5. The summed E-state index contributed by atoms with van der Waals surface area (Å²) in [5.41, 5.74) is 0. The zero-order chi connectivity index (χ0) is 15.4. The SMILES string of the molecule is CCC(CO)NC(=O)C1CC(=O)N(C2CCC(C)CC2)C1. The van der Waals surface area contributed by atoms with Crippen molar-refractivity contribution >= 4 is 11.8 Å². The molecule has 1 heterocycles. The standard InChI is InChI=1S/C16H28N2O3/c1-3-13(10-19)17-16(21)12-8-15(20)18(9-12)14-6-4-11(2)5-7-14/h11-14,19H,3-10H2,1-2H3,(H,17,21). The van der Waals surface area contributed by atoms with E-state index in [9.17, 15) is 9.59 Å². The van der Waals surface area contributed by atoms with Crippen LogP contribution in [-0.2, 0) is 9.59 Å². The molecule has 120 valence electrons. The molecule has 0 radical (unpaired) electrons. The van der Waals surface area contributed by atoms with Crippen LogP contribution in [0.5, 0.6) is 0 Å². The number of carbonyl (C=O) groups excluding carboxylic acids is 2. The zero-order valence-corrected chi connectivity index (χ0v) is 13.2. The van der Waals surface area contributed by atoms with Gasteiger partial charge in [-0.2, -0.15) is 0 Å². The van der Waals surface area contributed by atoms with Gasteiger partial charge in [0.25, 0.3) is 0 Å². The minimum Gasteiger partial charge on any atom is -0.394 e. The van der Waals surface area contributed by atoms with E-state index in [0.29, 0.717) is 25.4 Å². The van der Waals surface area contributed by atoms with Gasteiger partial charge in [0.1, 0.15) is 0 Å². The molecule has 0 bridgehead atoms. The Bertz CT molecular complexity index is 374. The average molecular weight is 296 g/mol. The van der Waals surface area contributed by atoms with E-state index in [1.54, 1.807) is 0 Å². The lowest BCUT2D eigenvalue weighted by Gasteiger charge is -2.33. The number of aliphatic hydroxyl groups excluding tert-OH is 1. The summed E-state index contributed by atoms with van der Waals surface area (Å²) in [5, 5.41) is 12.0. The minimum absolute atomic E-state index is 0.0485. The molecule has 2 rings (SSSR count). The fraction of sp³-hybridized carbons (Fsp3) is 0.875. The van der Waals surface area contributed by atoms with Crippen LogP contribution in [0.25, 0.3) is 0 Å². The van der Waals surface area contributed by atoms with Crippen LogP contribution in [-0.4, -0.2) is 47.1 Å². The first-order valence-corrected chi connectivity index (χ1v) is 8.25. The maximum absolute atomic E-state index is 12.2. The molecule has 0 aromatic heterocycles. The van der Waals surface area contributed by atoms with Crippen LogP contribution >= 0.6 is 0 Å². The Labute approximate surface area is 127 Å². The van der Waals surface area contributed by atoms with E-state index >= 15 is 0 Å². The van der Waals surface area contributed by atoms with Crippen molar-refractivity contribution in [2.45, 2.75) is 64.5 Å². The van der Waals surface area contributed by atoms with Crippen LogP contribution in [0.4, 0.5) is 0 Å². The highest BCUT2D eigenvalue weighted by Gasteiger charge is 2.38. The molecule has 2 N–H and O–H groups in total. The fourth-order valence-electron chi connectivity index (χ4n) is 3.41. The average Bonchev–Trinajstić information content (AvgIpc) is 2.87. The van der Waals surface area contributed by atoms with Crippen molar-refractivity contribution in [2.24, 2.45) is 11.8 Å². The second-order valence-electron chi connectivity index (χ2n) is 6.66. The molecule has 2 amide bonds. The number of amides is 2. The monoisotopic (exact) mass is 296 g/mol. The largest absolute Gasteiger partial charge is 0.394 e. The van der Waals surface area contributed by atoms with E-state index in [-0.39, 0.29) is 30.4 Å². The topological polar surface area (TPSA) is 69.6 Å². The van der Waals surface area contributed by atoms with Crippen LogP contribution in [0.2, 0.25) is 0 Å². The van der Waals surface area contributed by atoms with Crippen molar-refractivity contribution in [3.8, 4) is 0 Å². The van der Waals surface area contributed by atoms with Crippen LogP contribution in [0, 0.1) is 11.8 Å². The first kappa shape index (κ1) is 16.3. The molecule has 2 unspecified atom stereocenters. The maximum Gasteiger partial charge on any atom is 0.225 e. The predicted octanol–water partition coefficient (Wildman–Crippen LogP) is 1.30. The Morgan fingerprint density at radius 1 is 1.38 bits per heavy atom. The fourth-order valence-corrected chi connectivity index (χ4v) is 3.41. The van der Waals surface area contributed by atoms with Crippen molar-refractivity contribution in [1.29, 1.82) is 0 Å². The summed E-state index contributed by atoms with van der Waals surface area (Å²) in [6, 6.07) is 0.128. The number of hydrogen-bond donors (Lipinski definition) is 2. The van der Waals surface area contributed by atoms with Gasteiger partial charge in [-0.1, -0.05) is 13.8 Å². The van der Waals surface area contributed by atoms with Crippen molar-refractivity contribution in [3.05, 3.63) is 0 Å². The molecule has 0 spiro atoms. The van der Waals surface area contributed by atoms with Gasteiger partial charge < -0.3 is 15.3 Å². The number of likely N-dealkylation sites (tertiary alicyclic amines) is 1. The van der Waals surface area contributed by atoms with E-state index in [1.165, 1.54) is 12.8 Å². The highest BCUT2D eigenvalue weighted by Crippen LogP contribution is 2.31. The van der Waals surface area contributed by atoms with E-state index in [4.69, 9.17) is 5.11 Å². The Balaban J connectivity index is 1.88. The highest BCUT2D eigenvalue weighted by atomic mass is 16.3. The lowest BCUT2D eigenvalue weighted by Crippen LogP contribution is -2.43. The molecular formula is C16H28N2O3. The van der Waals surface area contributed by atoms with Crippen LogP contribution in [0.3, 0.4) is 0 Å². The normalized spacial score (nSPS) is 31.3. The van der Waals surface area contributed by atoms with Crippen LogP contribution < -0.4 is 5.32 Å². The molecule has 2 aliphatic rings. The molecule has 5 heteroatoms. The van der Waals surface area contributed by atoms with Crippen LogP contribution in [0.1, 0.15) is 52.4 Å². The zero-order valence-electron chi connectivity index (χ0n) is 13.2. The van der Waals surface area contributed by atoms with Gasteiger partial charge in [0, 0.05) is 19.0 Å². The molecule has 1 aliphatic heterocycles. The van der Waals surface area contributed by atoms with Crippen molar-refractivity contribution in [1.82, 2.24) is 10.2 Å². The highest BCUT2D eigenvalue weighted by molar-refractivity contribution is 5.89. The Morgan fingerprint density at radius 2 is 2.05 bits per heavy atom. The minimum atomic E-state index is -0.252. The summed E-state index contributed by atoms with van der Waals surface area (Å²) >= 11 is 0. The lowest BCUT2D eigenvalue weighted by molar-refractivity contribution is -0.131. The van der Waals surface area contributed by atoms with Crippen molar-refractivity contribution < 1.29 is 14.7 Å². The Kier molecular flexibility index (Phi) is 5.62. The van der Waals surface area contributed by atoms with Gasteiger partial charge in [-0.3, -0.25) is 9.59 Å². The smallest absolute Gasteiger partial charge is 0.225 e. The van der Waals surface area contributed by atoms with Gasteiger partial charge in [0.2, 0.25) is 11.8 Å². The number of nitrogens with one attached hydrogen (secondary N) is 1. The molecule has 21 heavy (non-hydrogen) atoms. The lowest BCUT2D eigenvalue weighted by atomic mass is 9.87. The summed E-state index contributed by atoms with van der Waals surface area (Å²) in [6.07, 6.45) is 5.50. The van der Waals surface area contributed by atoms with E-state index < -0.39 is 0 Å². The first-order valence-electron chi connectivity index (χ1n) is 8.25. The number of carbonyl (C=O) groups is 2. The van der Waals surface area contributed by atoms with Crippen LogP contribution in [0.15, 0.2) is 0 Å². The summed E-state index contributed by atoms with van der Waals surface area (Å²) in [7, 11) is 0. The molecule has 0 aromatic rings. The third-order valence-electron chi connectivity index (χ3n) is 5.01. The number of nitrogens with zero attached hydrogens (tertiary/aromatic N) is 1. The summed E-state index contributed by atoms with van der Waals surface area (Å²) in [6.45, 7) is 4.69. The second kappa shape index (κ2) is 7.25. The molecule has 1 saturated heterocycles. The molecule has 1 aliphatic carbocycles. The van der Waals surface area contributed by atoms with E-state index in [0.717, 1.165) is 18.8 Å². The molecule has 1 saturated carbocycles. The summed E-state index contributed by atoms with van der Waals surface area (Å²) in [5.74, 6) is 0.535. The number of hydrogen-bond acceptors (Lipinski definition) is 3. The van der Waals surface area contributed by atoms with Gasteiger partial charge in [0.15, 0.2) is 0 Å². The Hall–Kier alpha value is -1.10. The quantitative estimate of drug-likeness (QED) is 0.803. The second-order valence-corrected chi connectivity index (χ2v) is 6.66. The third-order valence-corrected chi connectivity index (χ3v) is 5.01. The maximum atomic E-state index is 12.2. The molecule has 2 atom stereocenters. The first-order chi connectivity index (χ1) is 10.0. The van der Waals surface area contributed by atoms with E-state index in [2.05, 4.69) is 12.2 Å².